The van der Waals surface area contributed by atoms with E-state index in [1.807, 2.05) is 24.3 Å². The Balaban J connectivity index is 1.97. The normalized spacial score (nSPS) is 15.6. The molecule has 1 fully saturated rings. The summed E-state index contributed by atoms with van der Waals surface area (Å²) in [5, 5.41) is 11.7. The number of para-hydroxylation sites is 1. The van der Waals surface area contributed by atoms with Crippen LogP contribution >= 0.6 is 11.8 Å². The number of carbonyl (C=O) groups excluding carboxylic acids is 1. The molecule has 0 aliphatic heterocycles. The first-order valence-electron chi connectivity index (χ1n) is 7.21. The third-order valence-corrected chi connectivity index (χ3v) is 4.67. The molecule has 0 spiro atoms. The van der Waals surface area contributed by atoms with E-state index in [9.17, 15) is 4.79 Å². The van der Waals surface area contributed by atoms with E-state index in [2.05, 4.69) is 11.4 Å². The van der Waals surface area contributed by atoms with Gasteiger partial charge in [0.2, 0.25) is 5.91 Å². The second-order valence-corrected chi connectivity index (χ2v) is 6.21. The highest BCUT2D eigenvalue weighted by molar-refractivity contribution is 7.99. The highest BCUT2D eigenvalue weighted by Crippen LogP contribution is 2.30. The monoisotopic (exact) mass is 288 g/mol. The zero-order chi connectivity index (χ0) is 14.2. The van der Waals surface area contributed by atoms with Crippen LogP contribution in [-0.2, 0) is 4.79 Å². The molecule has 1 N–H and O–H groups in total. The minimum atomic E-state index is 0.151. The summed E-state index contributed by atoms with van der Waals surface area (Å²) in [5.41, 5.74) is 0.881. The number of benzene rings is 1. The van der Waals surface area contributed by atoms with Crippen molar-refractivity contribution in [2.75, 3.05) is 11.1 Å². The first-order valence-corrected chi connectivity index (χ1v) is 8.19. The molecule has 20 heavy (non-hydrogen) atoms. The van der Waals surface area contributed by atoms with Crippen molar-refractivity contribution in [3.8, 4) is 6.07 Å². The fourth-order valence-electron chi connectivity index (χ4n) is 2.50. The molecule has 0 radical (unpaired) electrons. The van der Waals surface area contributed by atoms with Gasteiger partial charge in [-0.05, 0) is 25.0 Å². The fraction of sp³-hybridized carbons (Fsp3) is 0.500. The smallest absolute Gasteiger partial charge is 0.227 e. The Labute approximate surface area is 124 Å². The molecule has 1 aliphatic rings. The van der Waals surface area contributed by atoms with Gasteiger partial charge in [0.05, 0.1) is 11.8 Å². The molecule has 1 aliphatic carbocycles. The molecule has 1 amide bonds. The van der Waals surface area contributed by atoms with Gasteiger partial charge in [-0.1, -0.05) is 31.4 Å². The Morgan fingerprint density at radius 3 is 2.80 bits per heavy atom. The predicted molar refractivity (Wildman–Crippen MR) is 82.6 cm³/mol. The maximum absolute atomic E-state index is 12.3. The van der Waals surface area contributed by atoms with Crippen LogP contribution in [0.3, 0.4) is 0 Å². The van der Waals surface area contributed by atoms with E-state index >= 15 is 0 Å². The van der Waals surface area contributed by atoms with Crippen LogP contribution in [0.2, 0.25) is 0 Å². The molecular weight excluding hydrogens is 268 g/mol. The number of nitriles is 1. The maximum atomic E-state index is 12.3. The molecule has 106 valence electrons. The van der Waals surface area contributed by atoms with Crippen LogP contribution < -0.4 is 5.32 Å². The Kier molecular flexibility index (Phi) is 5.94. The van der Waals surface area contributed by atoms with E-state index < -0.39 is 0 Å². The van der Waals surface area contributed by atoms with Crippen molar-refractivity contribution in [3.05, 3.63) is 24.3 Å². The first kappa shape index (κ1) is 14.9. The lowest BCUT2D eigenvalue weighted by Crippen LogP contribution is -2.24. The van der Waals surface area contributed by atoms with Gasteiger partial charge in [0.15, 0.2) is 0 Å². The number of rotatable bonds is 5. The minimum absolute atomic E-state index is 0.151. The SMILES string of the molecule is N#CCCSc1ccccc1NC(=O)C1CCCCC1. The van der Waals surface area contributed by atoms with Crippen molar-refractivity contribution >= 4 is 23.4 Å². The molecule has 0 atom stereocenters. The summed E-state index contributed by atoms with van der Waals surface area (Å²) in [7, 11) is 0. The quantitative estimate of drug-likeness (QED) is 0.652. The topological polar surface area (TPSA) is 52.9 Å². The van der Waals surface area contributed by atoms with E-state index in [1.54, 1.807) is 11.8 Å². The second kappa shape index (κ2) is 7.96. The van der Waals surface area contributed by atoms with E-state index in [0.29, 0.717) is 6.42 Å². The molecule has 1 saturated carbocycles. The van der Waals surface area contributed by atoms with Crippen molar-refractivity contribution in [2.24, 2.45) is 5.92 Å². The van der Waals surface area contributed by atoms with E-state index in [-0.39, 0.29) is 11.8 Å². The summed E-state index contributed by atoms with van der Waals surface area (Å²) >= 11 is 1.62. The number of carbonyl (C=O) groups is 1. The first-order chi connectivity index (χ1) is 9.81. The van der Waals surface area contributed by atoms with Gasteiger partial charge >= 0.3 is 0 Å². The molecule has 1 aromatic rings. The standard InChI is InChI=1S/C16H20N2OS/c17-11-6-12-20-15-10-5-4-9-14(15)18-16(19)13-7-2-1-3-8-13/h4-5,9-10,13H,1-3,6-8,12H2,(H,18,19). The maximum Gasteiger partial charge on any atom is 0.227 e. The lowest BCUT2D eigenvalue weighted by atomic mass is 9.88. The fourth-order valence-corrected chi connectivity index (χ4v) is 3.36. The number of hydrogen-bond donors (Lipinski definition) is 1. The zero-order valence-electron chi connectivity index (χ0n) is 11.6. The Morgan fingerprint density at radius 1 is 1.30 bits per heavy atom. The van der Waals surface area contributed by atoms with Gasteiger partial charge in [0.25, 0.3) is 0 Å². The Bertz CT molecular complexity index is 489. The number of amides is 1. The number of nitrogens with one attached hydrogen (secondary N) is 1. The van der Waals surface area contributed by atoms with Crippen LogP contribution in [0.4, 0.5) is 5.69 Å². The summed E-state index contributed by atoms with van der Waals surface area (Å²) in [6, 6.07) is 9.98. The lowest BCUT2D eigenvalue weighted by Gasteiger charge is -2.21. The molecule has 4 heteroatoms. The largest absolute Gasteiger partial charge is 0.325 e. The molecule has 0 unspecified atom stereocenters. The summed E-state index contributed by atoms with van der Waals surface area (Å²) in [6.07, 6.45) is 6.12. The van der Waals surface area contributed by atoms with Gasteiger partial charge in [-0.25, -0.2) is 0 Å². The van der Waals surface area contributed by atoms with E-state index in [1.165, 1.54) is 6.42 Å². The summed E-state index contributed by atoms with van der Waals surface area (Å²) in [4.78, 5) is 13.3. The van der Waals surface area contributed by atoms with Gasteiger partial charge < -0.3 is 5.32 Å². The van der Waals surface area contributed by atoms with Crippen LogP contribution in [0.1, 0.15) is 38.5 Å². The van der Waals surface area contributed by atoms with Crippen LogP contribution in [0.25, 0.3) is 0 Å². The van der Waals surface area contributed by atoms with Crippen molar-refractivity contribution in [1.29, 1.82) is 5.26 Å². The molecule has 3 nitrogen and oxygen atoms in total. The average Bonchev–Trinajstić information content (AvgIpc) is 2.50. The Hall–Kier alpha value is -1.47. The zero-order valence-corrected chi connectivity index (χ0v) is 12.4. The summed E-state index contributed by atoms with van der Waals surface area (Å²) in [5.74, 6) is 1.08. The van der Waals surface area contributed by atoms with Crippen molar-refractivity contribution in [2.45, 2.75) is 43.4 Å². The van der Waals surface area contributed by atoms with E-state index in [0.717, 1.165) is 42.0 Å². The highest BCUT2D eigenvalue weighted by Gasteiger charge is 2.21. The summed E-state index contributed by atoms with van der Waals surface area (Å²) in [6.45, 7) is 0. The van der Waals surface area contributed by atoms with Crippen LogP contribution in [0.5, 0.6) is 0 Å². The van der Waals surface area contributed by atoms with Crippen molar-refractivity contribution in [1.82, 2.24) is 0 Å². The Morgan fingerprint density at radius 2 is 2.05 bits per heavy atom. The van der Waals surface area contributed by atoms with Crippen molar-refractivity contribution in [3.63, 3.8) is 0 Å². The van der Waals surface area contributed by atoms with Crippen LogP contribution in [0.15, 0.2) is 29.2 Å². The van der Waals surface area contributed by atoms with Gasteiger partial charge in [-0.3, -0.25) is 4.79 Å². The third-order valence-electron chi connectivity index (χ3n) is 3.59. The van der Waals surface area contributed by atoms with Crippen LogP contribution in [-0.4, -0.2) is 11.7 Å². The average molecular weight is 288 g/mol. The molecule has 1 aromatic carbocycles. The second-order valence-electron chi connectivity index (χ2n) is 5.08. The number of hydrogen-bond acceptors (Lipinski definition) is 3. The van der Waals surface area contributed by atoms with Gasteiger partial charge in [-0.2, -0.15) is 5.26 Å². The lowest BCUT2D eigenvalue weighted by molar-refractivity contribution is -0.120. The molecule has 0 saturated heterocycles. The molecular formula is C16H20N2OS. The molecule has 2 rings (SSSR count). The predicted octanol–water partition coefficient (Wildman–Crippen LogP) is 4.21. The third kappa shape index (κ3) is 4.28. The highest BCUT2D eigenvalue weighted by atomic mass is 32.2. The molecule has 0 heterocycles. The van der Waals surface area contributed by atoms with E-state index in [4.69, 9.17) is 5.26 Å². The number of anilines is 1. The number of nitrogens with zero attached hydrogens (tertiary/aromatic N) is 1. The molecule has 0 bridgehead atoms. The van der Waals surface area contributed by atoms with Crippen molar-refractivity contribution < 1.29 is 4.79 Å². The van der Waals surface area contributed by atoms with Gasteiger partial charge in [-0.15, -0.1) is 11.8 Å². The van der Waals surface area contributed by atoms with Crippen LogP contribution in [0, 0.1) is 17.2 Å². The van der Waals surface area contributed by atoms with Gasteiger partial charge in [0, 0.05) is 23.0 Å². The minimum Gasteiger partial charge on any atom is -0.325 e. The summed E-state index contributed by atoms with van der Waals surface area (Å²) < 4.78 is 0. The number of thioether (sulfide) groups is 1. The van der Waals surface area contributed by atoms with Gasteiger partial charge in [0.1, 0.15) is 0 Å². The molecule has 0 aromatic heterocycles.